The average Bonchev–Trinajstić information content (AvgIpc) is 3.69. The van der Waals surface area contributed by atoms with Gasteiger partial charge in [0, 0.05) is 22.6 Å². The predicted octanol–water partition coefficient (Wildman–Crippen LogP) is 7.49. The van der Waals surface area contributed by atoms with Gasteiger partial charge < -0.3 is 14.4 Å². The van der Waals surface area contributed by atoms with E-state index in [1.54, 1.807) is 48.6 Å². The highest BCUT2D eigenvalue weighted by atomic mass is 35.5. The Morgan fingerprint density at radius 1 is 1.18 bits per heavy atom. The number of hydrogen-bond donors (Lipinski definition) is 2. The van der Waals surface area contributed by atoms with E-state index in [1.165, 1.54) is 13.0 Å². The van der Waals surface area contributed by atoms with Crippen LogP contribution < -0.4 is 9.46 Å². The van der Waals surface area contributed by atoms with Gasteiger partial charge in [0.2, 0.25) is 10.0 Å². The minimum absolute atomic E-state index is 0.00582. The predicted molar refractivity (Wildman–Crippen MR) is 171 cm³/mol. The summed E-state index contributed by atoms with van der Waals surface area (Å²) in [5.41, 5.74) is 2.41. The van der Waals surface area contributed by atoms with E-state index < -0.39 is 21.5 Å². The molecule has 2 aliphatic carbocycles. The minimum Gasteiger partial charge on any atom is -0.489 e. The average molecular weight is 678 g/mol. The van der Waals surface area contributed by atoms with E-state index in [2.05, 4.69) is 11.7 Å². The van der Waals surface area contributed by atoms with E-state index in [9.17, 15) is 18.3 Å². The van der Waals surface area contributed by atoms with Crippen molar-refractivity contribution in [3.63, 3.8) is 0 Å². The fraction of sp³-hybridized carbons (Fsp3) is 0.312. The lowest BCUT2D eigenvalue weighted by Gasteiger charge is -2.45. The number of nitrogens with one attached hydrogen (secondary N) is 1. The molecule has 232 valence electrons. The summed E-state index contributed by atoms with van der Waals surface area (Å²) in [5.74, 6) is 0.883. The molecule has 1 heterocycles. The van der Waals surface area contributed by atoms with Crippen LogP contribution >= 0.6 is 34.8 Å². The SMILES string of the molecule is C=C(/C=C\C=C(/C)C(=O)NS(C)(=O)=O)[C@H]1C[C@@](O)(c2ccc(OCc3c(-c4c(Cl)cccc4Cl)noc3C3CC3)cc2Cl)C1. The molecule has 0 saturated heterocycles. The second-order valence-electron chi connectivity index (χ2n) is 11.3. The van der Waals surface area contributed by atoms with E-state index in [-0.39, 0.29) is 24.0 Å². The van der Waals surface area contributed by atoms with Crippen molar-refractivity contribution in [2.24, 2.45) is 5.92 Å². The molecule has 2 saturated carbocycles. The molecule has 1 aromatic heterocycles. The second-order valence-corrected chi connectivity index (χ2v) is 14.3. The molecule has 0 radical (unpaired) electrons. The molecule has 2 fully saturated rings. The van der Waals surface area contributed by atoms with Crippen molar-refractivity contribution in [1.29, 1.82) is 0 Å². The third-order valence-electron chi connectivity index (χ3n) is 7.78. The van der Waals surface area contributed by atoms with E-state index >= 15 is 0 Å². The number of amides is 1. The number of hydrogen-bond acceptors (Lipinski definition) is 7. The molecule has 44 heavy (non-hydrogen) atoms. The Balaban J connectivity index is 1.23. The van der Waals surface area contributed by atoms with Crippen LogP contribution in [0.4, 0.5) is 0 Å². The third-order valence-corrected chi connectivity index (χ3v) is 9.28. The van der Waals surface area contributed by atoms with Crippen molar-refractivity contribution in [3.05, 3.63) is 104 Å². The van der Waals surface area contributed by atoms with Crippen LogP contribution in [-0.4, -0.2) is 30.8 Å². The molecular formula is C32H31Cl3N2O6S. The van der Waals surface area contributed by atoms with E-state index in [0.29, 0.717) is 50.5 Å². The highest BCUT2D eigenvalue weighted by Gasteiger charge is 2.45. The number of carbonyl (C=O) groups excluding carboxylic acids is 1. The second kappa shape index (κ2) is 12.7. The normalized spacial score (nSPS) is 20.4. The number of nitrogens with zero attached hydrogens (tertiary/aromatic N) is 1. The maximum Gasteiger partial charge on any atom is 0.260 e. The number of aliphatic hydroxyl groups is 1. The number of benzene rings is 2. The largest absolute Gasteiger partial charge is 0.489 e. The van der Waals surface area contributed by atoms with Crippen LogP contribution in [0.1, 0.15) is 55.4 Å². The molecule has 3 aromatic rings. The number of rotatable bonds is 11. The van der Waals surface area contributed by atoms with Gasteiger partial charge in [0.05, 0.1) is 32.5 Å². The Kier molecular flexibility index (Phi) is 9.35. The van der Waals surface area contributed by atoms with Crippen molar-refractivity contribution in [1.82, 2.24) is 9.88 Å². The molecule has 0 aliphatic heterocycles. The van der Waals surface area contributed by atoms with Crippen molar-refractivity contribution in [3.8, 4) is 17.0 Å². The Hall–Kier alpha value is -3.08. The number of halogens is 3. The number of ether oxygens (including phenoxy) is 1. The molecular weight excluding hydrogens is 647 g/mol. The Morgan fingerprint density at radius 3 is 2.48 bits per heavy atom. The lowest BCUT2D eigenvalue weighted by atomic mass is 9.65. The van der Waals surface area contributed by atoms with E-state index in [1.807, 2.05) is 4.72 Å². The Labute approximate surface area is 271 Å². The summed E-state index contributed by atoms with van der Waals surface area (Å²) < 4.78 is 36.2. The van der Waals surface area contributed by atoms with Gasteiger partial charge in [0.15, 0.2) is 0 Å². The number of sulfonamides is 1. The minimum atomic E-state index is -3.64. The first kappa shape index (κ1) is 32.3. The number of aromatic nitrogens is 1. The quantitative estimate of drug-likeness (QED) is 0.159. The summed E-state index contributed by atoms with van der Waals surface area (Å²) >= 11 is 19.6. The van der Waals surface area contributed by atoms with Gasteiger partial charge in [-0.25, -0.2) is 13.1 Å². The molecule has 2 aliphatic rings. The summed E-state index contributed by atoms with van der Waals surface area (Å²) in [6.07, 6.45) is 8.65. The van der Waals surface area contributed by atoms with Crippen LogP contribution in [0.5, 0.6) is 5.75 Å². The summed E-state index contributed by atoms with van der Waals surface area (Å²) in [5, 5.41) is 16.9. The van der Waals surface area contributed by atoms with Crippen LogP contribution in [-0.2, 0) is 27.0 Å². The lowest BCUT2D eigenvalue weighted by Crippen LogP contribution is -2.41. The number of allylic oxidation sites excluding steroid dienone is 4. The third kappa shape index (κ3) is 7.24. The van der Waals surface area contributed by atoms with Crippen molar-refractivity contribution < 1.29 is 27.6 Å². The van der Waals surface area contributed by atoms with Gasteiger partial charge in [-0.05, 0) is 62.8 Å². The maximum atomic E-state index is 11.9. The fourth-order valence-corrected chi connectivity index (χ4v) is 6.60. The zero-order chi connectivity index (χ0) is 31.8. The highest BCUT2D eigenvalue weighted by Crippen LogP contribution is 2.51. The topological polar surface area (TPSA) is 119 Å². The maximum absolute atomic E-state index is 11.9. The first-order chi connectivity index (χ1) is 20.8. The van der Waals surface area contributed by atoms with Gasteiger partial charge in [-0.3, -0.25) is 4.79 Å². The molecule has 0 bridgehead atoms. The van der Waals surface area contributed by atoms with Crippen LogP contribution in [0.2, 0.25) is 15.1 Å². The molecule has 12 heteroatoms. The van der Waals surface area contributed by atoms with Gasteiger partial charge >= 0.3 is 0 Å². The van der Waals surface area contributed by atoms with Crippen LogP contribution in [0.15, 0.2) is 76.9 Å². The summed E-state index contributed by atoms with van der Waals surface area (Å²) in [6.45, 7) is 5.76. The Morgan fingerprint density at radius 2 is 1.86 bits per heavy atom. The summed E-state index contributed by atoms with van der Waals surface area (Å²) in [6, 6.07) is 10.5. The van der Waals surface area contributed by atoms with Gasteiger partial charge in [-0.15, -0.1) is 0 Å². The highest BCUT2D eigenvalue weighted by molar-refractivity contribution is 7.89. The lowest BCUT2D eigenvalue weighted by molar-refractivity contribution is -0.115. The zero-order valence-electron chi connectivity index (χ0n) is 24.1. The molecule has 0 unspecified atom stereocenters. The standard InChI is InChI=1S/C32H31Cl3N2O6S/c1-18(6-4-7-19(2)31(38)37-44(3,40)41)21-15-32(39,16-21)24-13-12-22(14-27(24)35)42-17-23-29(36-43-30(23)20-10-11-20)28-25(33)8-5-9-26(28)34/h4-9,12-14,20-21,39H,1,10-11,15-17H2,2-3H3,(H,37,38)/b6-4-,19-7+/t21-,32-. The van der Waals surface area contributed by atoms with Crippen LogP contribution in [0.25, 0.3) is 11.3 Å². The van der Waals surface area contributed by atoms with Gasteiger partial charge in [-0.1, -0.05) is 82.5 Å². The molecule has 1 amide bonds. The first-order valence-corrected chi connectivity index (χ1v) is 16.9. The van der Waals surface area contributed by atoms with Crippen LogP contribution in [0.3, 0.4) is 0 Å². The summed E-state index contributed by atoms with van der Waals surface area (Å²) in [4.78, 5) is 11.9. The monoisotopic (exact) mass is 676 g/mol. The zero-order valence-corrected chi connectivity index (χ0v) is 27.2. The van der Waals surface area contributed by atoms with Crippen molar-refractivity contribution in [2.45, 2.75) is 50.7 Å². The summed E-state index contributed by atoms with van der Waals surface area (Å²) in [7, 11) is -3.64. The van der Waals surface area contributed by atoms with E-state index in [4.69, 9.17) is 44.1 Å². The van der Waals surface area contributed by atoms with Crippen LogP contribution in [0, 0.1) is 5.92 Å². The molecule has 0 atom stereocenters. The molecule has 8 nitrogen and oxygen atoms in total. The van der Waals surface area contributed by atoms with Gasteiger partial charge in [-0.2, -0.15) is 0 Å². The fourth-order valence-electron chi connectivity index (χ4n) is 5.18. The molecule has 2 N–H and O–H groups in total. The molecule has 0 spiro atoms. The Bertz CT molecular complexity index is 1770. The van der Waals surface area contributed by atoms with E-state index in [0.717, 1.165) is 36.0 Å². The van der Waals surface area contributed by atoms with Gasteiger partial charge in [0.1, 0.15) is 23.8 Å². The van der Waals surface area contributed by atoms with Crippen molar-refractivity contribution in [2.75, 3.05) is 6.26 Å². The smallest absolute Gasteiger partial charge is 0.260 e. The molecule has 2 aromatic carbocycles. The van der Waals surface area contributed by atoms with Crippen molar-refractivity contribution >= 4 is 50.7 Å². The first-order valence-electron chi connectivity index (χ1n) is 13.9. The molecule has 5 rings (SSSR count). The number of carbonyl (C=O) groups is 1. The van der Waals surface area contributed by atoms with Gasteiger partial charge in [0.25, 0.3) is 5.91 Å².